The number of nitriles is 1. The van der Waals surface area contributed by atoms with E-state index in [-0.39, 0.29) is 0 Å². The number of likely N-dealkylation sites (N-methyl/N-ethyl adjacent to an activating group) is 1. The number of rotatable bonds is 3. The van der Waals surface area contributed by atoms with Crippen LogP contribution in [0.4, 0.5) is 4.79 Å². The lowest BCUT2D eigenvalue weighted by Crippen LogP contribution is -2.48. The largest absolute Gasteiger partial charge is 0.444 e. The summed E-state index contributed by atoms with van der Waals surface area (Å²) in [6.45, 7) is 6.92. The maximum absolute atomic E-state index is 12.2. The van der Waals surface area contributed by atoms with Crippen LogP contribution in [0.25, 0.3) is 0 Å². The number of carbonyl (C=O) groups is 2. The molecule has 21 heavy (non-hydrogen) atoms. The predicted octanol–water partition coefficient (Wildman–Crippen LogP) is 2.84. The van der Waals surface area contributed by atoms with Gasteiger partial charge in [0.1, 0.15) is 17.4 Å². The van der Waals surface area contributed by atoms with E-state index in [4.69, 9.17) is 10.00 Å². The van der Waals surface area contributed by atoms with Crippen molar-refractivity contribution >= 4 is 12.4 Å². The molecule has 112 valence electrons. The van der Waals surface area contributed by atoms with Crippen LogP contribution in [0.15, 0.2) is 24.3 Å². The maximum Gasteiger partial charge on any atom is 0.411 e. The second kappa shape index (κ2) is 5.96. The highest BCUT2D eigenvalue weighted by molar-refractivity contribution is 5.78. The molecule has 0 saturated heterocycles. The smallest absolute Gasteiger partial charge is 0.411 e. The van der Waals surface area contributed by atoms with Gasteiger partial charge in [-0.15, -0.1) is 0 Å². The van der Waals surface area contributed by atoms with Crippen molar-refractivity contribution in [3.8, 4) is 6.07 Å². The van der Waals surface area contributed by atoms with Crippen molar-refractivity contribution in [2.45, 2.75) is 38.8 Å². The molecule has 1 aromatic carbocycles. The van der Waals surface area contributed by atoms with Gasteiger partial charge < -0.3 is 9.53 Å². The van der Waals surface area contributed by atoms with Crippen LogP contribution in [0.5, 0.6) is 0 Å². The number of carbonyl (C=O) groups excluding carboxylic acids is 2. The minimum atomic E-state index is -1.16. The van der Waals surface area contributed by atoms with Crippen LogP contribution in [0, 0.1) is 11.3 Å². The van der Waals surface area contributed by atoms with Gasteiger partial charge in [0.25, 0.3) is 0 Å². The summed E-state index contributed by atoms with van der Waals surface area (Å²) in [7, 11) is 1.51. The fraction of sp³-hybridized carbons (Fsp3) is 0.438. The zero-order valence-electron chi connectivity index (χ0n) is 13.0. The topological polar surface area (TPSA) is 70.4 Å². The molecule has 0 spiro atoms. The molecule has 0 aromatic heterocycles. The molecule has 0 saturated carbocycles. The Morgan fingerprint density at radius 2 is 1.76 bits per heavy atom. The Morgan fingerprint density at radius 1 is 1.24 bits per heavy atom. The molecule has 0 N–H and O–H groups in total. The Bertz CT molecular complexity index is 567. The van der Waals surface area contributed by atoms with Gasteiger partial charge in [-0.3, -0.25) is 4.90 Å². The Hall–Kier alpha value is -2.35. The van der Waals surface area contributed by atoms with Crippen molar-refractivity contribution < 1.29 is 14.3 Å². The predicted molar refractivity (Wildman–Crippen MR) is 78.6 cm³/mol. The molecule has 1 aromatic rings. The van der Waals surface area contributed by atoms with Crippen LogP contribution in [-0.2, 0) is 15.1 Å². The number of aldehydes is 1. The monoisotopic (exact) mass is 288 g/mol. The number of benzene rings is 1. The van der Waals surface area contributed by atoms with Gasteiger partial charge in [-0.1, -0.05) is 12.1 Å². The number of hydrogen-bond donors (Lipinski definition) is 0. The molecular weight excluding hydrogens is 268 g/mol. The van der Waals surface area contributed by atoms with Gasteiger partial charge in [0.15, 0.2) is 0 Å². The number of nitrogens with zero attached hydrogens (tertiary/aromatic N) is 2. The molecule has 1 rings (SSSR count). The van der Waals surface area contributed by atoms with Gasteiger partial charge in [-0.2, -0.15) is 5.26 Å². The van der Waals surface area contributed by atoms with E-state index < -0.39 is 17.2 Å². The highest BCUT2D eigenvalue weighted by Gasteiger charge is 2.36. The van der Waals surface area contributed by atoms with Crippen molar-refractivity contribution in [3.05, 3.63) is 35.4 Å². The molecule has 0 aliphatic rings. The summed E-state index contributed by atoms with van der Waals surface area (Å²) < 4.78 is 5.29. The fourth-order valence-corrected chi connectivity index (χ4v) is 1.74. The Balaban J connectivity index is 3.10. The van der Waals surface area contributed by atoms with Crippen LogP contribution < -0.4 is 0 Å². The molecule has 1 amide bonds. The zero-order chi connectivity index (χ0) is 16.3. The average molecular weight is 288 g/mol. The lowest BCUT2D eigenvalue weighted by Gasteiger charge is -2.35. The molecule has 0 bridgehead atoms. The summed E-state index contributed by atoms with van der Waals surface area (Å²) >= 11 is 0. The van der Waals surface area contributed by atoms with Crippen LogP contribution in [-0.4, -0.2) is 29.9 Å². The average Bonchev–Trinajstić information content (AvgIpc) is 2.44. The van der Waals surface area contributed by atoms with Gasteiger partial charge in [-0.25, -0.2) is 4.79 Å². The van der Waals surface area contributed by atoms with Gasteiger partial charge in [0.05, 0.1) is 11.6 Å². The maximum atomic E-state index is 12.2. The molecule has 0 fully saturated rings. The summed E-state index contributed by atoms with van der Waals surface area (Å²) in [5.74, 6) is 0. The Kier molecular flexibility index (Phi) is 4.74. The highest BCUT2D eigenvalue weighted by Crippen LogP contribution is 2.27. The lowest BCUT2D eigenvalue weighted by atomic mass is 9.91. The van der Waals surface area contributed by atoms with E-state index in [0.717, 1.165) is 0 Å². The summed E-state index contributed by atoms with van der Waals surface area (Å²) in [6.07, 6.45) is 0.111. The van der Waals surface area contributed by atoms with E-state index in [2.05, 4.69) is 0 Å². The van der Waals surface area contributed by atoms with Crippen molar-refractivity contribution in [2.75, 3.05) is 7.05 Å². The Morgan fingerprint density at radius 3 is 2.14 bits per heavy atom. The quantitative estimate of drug-likeness (QED) is 0.802. The van der Waals surface area contributed by atoms with Crippen LogP contribution in [0.1, 0.15) is 38.8 Å². The molecule has 1 unspecified atom stereocenters. The van der Waals surface area contributed by atoms with Gasteiger partial charge in [-0.05, 0) is 45.4 Å². The lowest BCUT2D eigenvalue weighted by molar-refractivity contribution is -0.117. The van der Waals surface area contributed by atoms with Crippen molar-refractivity contribution in [2.24, 2.45) is 0 Å². The third kappa shape index (κ3) is 3.82. The highest BCUT2D eigenvalue weighted by atomic mass is 16.6. The Labute approximate surface area is 125 Å². The van der Waals surface area contributed by atoms with Gasteiger partial charge in [0, 0.05) is 7.05 Å². The third-order valence-corrected chi connectivity index (χ3v) is 3.19. The summed E-state index contributed by atoms with van der Waals surface area (Å²) in [6, 6.07) is 8.56. The first-order valence-electron chi connectivity index (χ1n) is 6.58. The van der Waals surface area contributed by atoms with E-state index in [9.17, 15) is 9.59 Å². The minimum absolute atomic E-state index is 0.493. The van der Waals surface area contributed by atoms with Crippen LogP contribution in [0.2, 0.25) is 0 Å². The van der Waals surface area contributed by atoms with Crippen LogP contribution in [0.3, 0.4) is 0 Å². The number of ether oxygens (including phenoxy) is 1. The second-order valence-electron chi connectivity index (χ2n) is 5.99. The minimum Gasteiger partial charge on any atom is -0.444 e. The van der Waals surface area contributed by atoms with E-state index in [1.54, 1.807) is 52.0 Å². The van der Waals surface area contributed by atoms with Crippen molar-refractivity contribution in [1.29, 1.82) is 5.26 Å². The van der Waals surface area contributed by atoms with Gasteiger partial charge >= 0.3 is 6.09 Å². The zero-order valence-corrected chi connectivity index (χ0v) is 13.0. The first kappa shape index (κ1) is 16.7. The molecule has 0 radical (unpaired) electrons. The fourth-order valence-electron chi connectivity index (χ4n) is 1.74. The number of amides is 1. The van der Waals surface area contributed by atoms with E-state index in [0.29, 0.717) is 17.4 Å². The molecule has 0 aliphatic heterocycles. The van der Waals surface area contributed by atoms with E-state index >= 15 is 0 Å². The molecule has 5 heteroatoms. The molecule has 5 nitrogen and oxygen atoms in total. The van der Waals surface area contributed by atoms with Crippen molar-refractivity contribution in [1.82, 2.24) is 4.90 Å². The first-order valence-corrected chi connectivity index (χ1v) is 6.58. The molecular formula is C16H20N2O3. The number of hydrogen-bond acceptors (Lipinski definition) is 4. The van der Waals surface area contributed by atoms with Crippen LogP contribution >= 0.6 is 0 Å². The van der Waals surface area contributed by atoms with E-state index in [1.165, 1.54) is 11.9 Å². The molecule has 0 heterocycles. The molecule has 1 atom stereocenters. The first-order chi connectivity index (χ1) is 9.64. The van der Waals surface area contributed by atoms with Gasteiger partial charge in [0.2, 0.25) is 0 Å². The summed E-state index contributed by atoms with van der Waals surface area (Å²) in [4.78, 5) is 25.0. The summed E-state index contributed by atoms with van der Waals surface area (Å²) in [5.41, 5.74) is -0.687. The SMILES string of the molecule is CN(C(=O)OC(C)(C)C)C(C)(C=O)c1ccc(C#N)cc1. The third-order valence-electron chi connectivity index (χ3n) is 3.19. The molecule has 0 aliphatic carbocycles. The summed E-state index contributed by atoms with van der Waals surface area (Å²) in [5, 5.41) is 8.81. The normalized spacial score (nSPS) is 13.7. The standard InChI is InChI=1S/C16H20N2O3/c1-15(2,3)21-14(20)18(5)16(4,11-19)13-8-6-12(10-17)7-9-13/h6-9,11H,1-5H3. The van der Waals surface area contributed by atoms with E-state index in [1.807, 2.05) is 6.07 Å². The van der Waals surface area contributed by atoms with Crippen molar-refractivity contribution in [3.63, 3.8) is 0 Å². The second-order valence-corrected chi connectivity index (χ2v) is 5.99.